The monoisotopic (exact) mass is 707 g/mol. The van der Waals surface area contributed by atoms with E-state index in [0.29, 0.717) is 13.1 Å². The average molecular weight is 708 g/mol. The second-order valence-electron chi connectivity index (χ2n) is 12.2. The number of cyclic esters (lactones) is 1. The number of rotatable bonds is 8. The number of phenols is 2. The first-order valence-electron chi connectivity index (χ1n) is 16.2. The number of hydrogen-bond donors (Lipinski definition) is 7. The molecule has 2 fully saturated rings. The minimum absolute atomic E-state index is 0.0855. The van der Waals surface area contributed by atoms with Crippen molar-refractivity contribution in [3.05, 3.63) is 47.6 Å². The van der Waals surface area contributed by atoms with Gasteiger partial charge in [0.2, 0.25) is 5.91 Å². The summed E-state index contributed by atoms with van der Waals surface area (Å²) in [5.74, 6) is -2.39. The van der Waals surface area contributed by atoms with Gasteiger partial charge in [0, 0.05) is 32.0 Å². The van der Waals surface area contributed by atoms with Crippen LogP contribution in [-0.4, -0.2) is 133 Å². The first-order valence-corrected chi connectivity index (χ1v) is 17.3. The molecular formula is C33H45N3O12S. The molecule has 3 heterocycles. The summed E-state index contributed by atoms with van der Waals surface area (Å²) in [6.45, 7) is 2.07. The van der Waals surface area contributed by atoms with Crippen LogP contribution in [0.15, 0.2) is 41.6 Å². The molecule has 2 amide bonds. The number of hydrogen-bond acceptors (Lipinski definition) is 14. The number of benzene rings is 1. The van der Waals surface area contributed by atoms with Gasteiger partial charge in [-0.25, -0.2) is 4.79 Å². The van der Waals surface area contributed by atoms with Crippen LogP contribution >= 0.6 is 11.8 Å². The number of ether oxygens (including phenoxy) is 2. The van der Waals surface area contributed by atoms with Crippen LogP contribution < -0.4 is 5.32 Å². The summed E-state index contributed by atoms with van der Waals surface area (Å²) in [7, 11) is 0. The van der Waals surface area contributed by atoms with Crippen LogP contribution in [0.4, 0.5) is 0 Å². The van der Waals surface area contributed by atoms with Gasteiger partial charge in [-0.1, -0.05) is 23.4 Å². The highest BCUT2D eigenvalue weighted by molar-refractivity contribution is 8.00. The molecule has 0 unspecified atom stereocenters. The number of amides is 2. The van der Waals surface area contributed by atoms with Gasteiger partial charge in [0.25, 0.3) is 5.91 Å². The van der Waals surface area contributed by atoms with Crippen LogP contribution in [0.2, 0.25) is 0 Å². The molecule has 0 spiro atoms. The largest absolute Gasteiger partial charge is 0.508 e. The van der Waals surface area contributed by atoms with E-state index in [0.717, 1.165) is 37.1 Å². The molecule has 1 aromatic carbocycles. The number of nitrogens with zero attached hydrogens (tertiary/aromatic N) is 2. The van der Waals surface area contributed by atoms with Gasteiger partial charge in [-0.15, -0.1) is 11.8 Å². The van der Waals surface area contributed by atoms with Crippen molar-refractivity contribution in [2.45, 2.75) is 87.4 Å². The predicted octanol–water partition coefficient (Wildman–Crippen LogP) is 0.495. The fourth-order valence-corrected chi connectivity index (χ4v) is 6.62. The summed E-state index contributed by atoms with van der Waals surface area (Å²) in [5, 5.41) is 67.6. The quantitative estimate of drug-likeness (QED) is 0.111. The molecule has 3 aliphatic heterocycles. The molecule has 3 aliphatic rings. The van der Waals surface area contributed by atoms with E-state index >= 15 is 0 Å². The Balaban J connectivity index is 1.50. The fourth-order valence-electron chi connectivity index (χ4n) is 5.64. The number of phenolic OH excluding ortho intramolecular Hbond substituents is 2. The van der Waals surface area contributed by atoms with E-state index in [1.807, 2.05) is 0 Å². The lowest BCUT2D eigenvalue weighted by molar-refractivity contribution is -0.205. The van der Waals surface area contributed by atoms with Gasteiger partial charge in [-0.2, -0.15) is 0 Å². The highest BCUT2D eigenvalue weighted by Crippen LogP contribution is 2.30. The number of aliphatic hydroxyl groups is 4. The number of aromatic hydroxyl groups is 2. The third-order valence-electron chi connectivity index (χ3n) is 8.26. The molecule has 49 heavy (non-hydrogen) atoms. The van der Waals surface area contributed by atoms with E-state index in [4.69, 9.17) is 14.3 Å². The zero-order valence-corrected chi connectivity index (χ0v) is 28.0. The molecule has 7 atom stereocenters. The summed E-state index contributed by atoms with van der Waals surface area (Å²) < 4.78 is 11.0. The Hall–Kier alpha value is -3.67. The van der Waals surface area contributed by atoms with Crippen LogP contribution in [-0.2, 0) is 30.3 Å². The van der Waals surface area contributed by atoms with Crippen molar-refractivity contribution in [3.8, 4) is 11.5 Å². The van der Waals surface area contributed by atoms with E-state index in [2.05, 4.69) is 10.5 Å². The van der Waals surface area contributed by atoms with Crippen LogP contribution in [0.3, 0.4) is 0 Å². The Morgan fingerprint density at radius 1 is 1.06 bits per heavy atom. The lowest BCUT2D eigenvalue weighted by atomic mass is 9.99. The van der Waals surface area contributed by atoms with E-state index < -0.39 is 66.2 Å². The molecule has 0 radical (unpaired) electrons. The summed E-state index contributed by atoms with van der Waals surface area (Å²) >= 11 is 0.900. The summed E-state index contributed by atoms with van der Waals surface area (Å²) in [5.41, 5.74) is -0.744. The number of allylic oxidation sites excluding steroid dienone is 1. The van der Waals surface area contributed by atoms with Crippen molar-refractivity contribution in [2.75, 3.05) is 32.1 Å². The van der Waals surface area contributed by atoms with Crippen LogP contribution in [0.25, 0.3) is 0 Å². The number of esters is 1. The Kier molecular flexibility index (Phi) is 14.3. The number of oxime groups is 1. The van der Waals surface area contributed by atoms with Crippen molar-refractivity contribution < 1.29 is 59.3 Å². The maximum absolute atomic E-state index is 13.2. The van der Waals surface area contributed by atoms with Gasteiger partial charge in [0.05, 0.1) is 24.1 Å². The van der Waals surface area contributed by atoms with Gasteiger partial charge in [0.15, 0.2) is 6.61 Å². The third-order valence-corrected chi connectivity index (χ3v) is 9.40. The number of nitrogens with one attached hydrogen (secondary N) is 1. The SMILES string of the molecule is C[C@@H]1C/C=C/[C@@H](NC(=O)CS[C@@H]2O[C@@H](CO)[C@H](O)[C@@H](O)[C@@H]2O)C/C=C/C(=N\OCC(=O)N2CCCCC2)Cc2cc(O)cc(O)c2C(=O)O1. The van der Waals surface area contributed by atoms with E-state index in [1.54, 1.807) is 36.1 Å². The number of likely N-dealkylation sites (tertiary alicyclic amines) is 1. The van der Waals surface area contributed by atoms with Crippen molar-refractivity contribution in [3.63, 3.8) is 0 Å². The maximum Gasteiger partial charge on any atom is 0.342 e. The molecule has 4 rings (SSSR count). The highest BCUT2D eigenvalue weighted by atomic mass is 32.2. The highest BCUT2D eigenvalue weighted by Gasteiger charge is 2.43. The standard InChI is InChI=1S/C33H45N3O12S/c1-19-7-5-8-21(34-26(40)18-49-33-31(44)30(43)29(42)25(16-37)48-33)9-6-10-22(35-46-17-27(41)36-11-3-2-4-12-36)13-20-14-23(38)15-24(39)28(20)32(45)47-19/h5-6,8,10,14-15,19,21,25,29-31,33,37-39,42-44H,2-4,7,9,11-13,16-18H2,1H3,(H,34,40)/b8-5+,10-6+,35-22+/t19-,21-,25+,29+,30-,31+,33+/m1/s1. The normalized spacial score (nSPS) is 30.4. The van der Waals surface area contributed by atoms with Crippen molar-refractivity contribution in [1.29, 1.82) is 0 Å². The molecule has 0 saturated carbocycles. The molecule has 7 N–H and O–H groups in total. The molecule has 0 bridgehead atoms. The van der Waals surface area contributed by atoms with Crippen molar-refractivity contribution >= 4 is 35.3 Å². The fraction of sp³-hybridized carbons (Fsp3) is 0.576. The van der Waals surface area contributed by atoms with E-state index in [9.17, 15) is 45.0 Å². The number of carbonyl (C=O) groups excluding carboxylic acids is 3. The molecule has 0 aromatic heterocycles. The Labute approximate surface area is 288 Å². The minimum atomic E-state index is -1.56. The van der Waals surface area contributed by atoms with Crippen LogP contribution in [0.5, 0.6) is 11.5 Å². The van der Waals surface area contributed by atoms with Crippen LogP contribution in [0, 0.1) is 0 Å². The number of aliphatic hydroxyl groups excluding tert-OH is 4. The second-order valence-corrected chi connectivity index (χ2v) is 13.3. The minimum Gasteiger partial charge on any atom is -0.508 e. The third kappa shape index (κ3) is 10.9. The Morgan fingerprint density at radius 2 is 1.82 bits per heavy atom. The van der Waals surface area contributed by atoms with Crippen molar-refractivity contribution in [2.24, 2.45) is 5.16 Å². The zero-order chi connectivity index (χ0) is 35.5. The van der Waals surface area contributed by atoms with Crippen molar-refractivity contribution in [1.82, 2.24) is 10.2 Å². The summed E-state index contributed by atoms with van der Waals surface area (Å²) in [6.07, 6.45) is 3.85. The first kappa shape index (κ1) is 38.1. The molecule has 1 aromatic rings. The molecule has 15 nitrogen and oxygen atoms in total. The predicted molar refractivity (Wildman–Crippen MR) is 178 cm³/mol. The van der Waals surface area contributed by atoms with E-state index in [1.165, 1.54) is 6.07 Å². The zero-order valence-electron chi connectivity index (χ0n) is 27.2. The lowest BCUT2D eigenvalue weighted by Gasteiger charge is -2.39. The topological polar surface area (TPSA) is 228 Å². The average Bonchev–Trinajstić information content (AvgIpc) is 3.06. The second kappa shape index (κ2) is 18.4. The van der Waals surface area contributed by atoms with Gasteiger partial charge in [-0.05, 0) is 50.3 Å². The smallest absolute Gasteiger partial charge is 0.342 e. The van der Waals surface area contributed by atoms with Gasteiger partial charge >= 0.3 is 5.97 Å². The Bertz CT molecular complexity index is 1400. The molecular weight excluding hydrogens is 662 g/mol. The Morgan fingerprint density at radius 3 is 2.55 bits per heavy atom. The number of piperidine rings is 1. The molecule has 16 heteroatoms. The maximum atomic E-state index is 13.2. The molecule has 2 saturated heterocycles. The molecule has 270 valence electrons. The van der Waals surface area contributed by atoms with Crippen LogP contribution in [0.1, 0.15) is 54.9 Å². The first-order chi connectivity index (χ1) is 23.5. The lowest BCUT2D eigenvalue weighted by Crippen LogP contribution is -2.57. The molecule has 0 aliphatic carbocycles. The number of thioether (sulfide) groups is 1. The summed E-state index contributed by atoms with van der Waals surface area (Å²) in [6, 6.07) is 1.80. The van der Waals surface area contributed by atoms with Gasteiger partial charge in [-0.3, -0.25) is 9.59 Å². The number of carbonyl (C=O) groups is 3. The van der Waals surface area contributed by atoms with Gasteiger partial charge < -0.3 is 55.2 Å². The summed E-state index contributed by atoms with van der Waals surface area (Å²) in [4.78, 5) is 45.9. The van der Waals surface area contributed by atoms with E-state index in [-0.39, 0.29) is 60.1 Å². The van der Waals surface area contributed by atoms with Gasteiger partial charge in [0.1, 0.15) is 53.0 Å². The number of fused-ring (bicyclic) bond motifs is 1.